The normalized spacial score (nSPS) is 10.2. The first-order valence-corrected chi connectivity index (χ1v) is 7.09. The molecule has 19 heavy (non-hydrogen) atoms. The van der Waals surface area contributed by atoms with Crippen LogP contribution in [0.25, 0.3) is 10.8 Å². The van der Waals surface area contributed by atoms with Gasteiger partial charge in [0.1, 0.15) is 5.78 Å². The van der Waals surface area contributed by atoms with Crippen LogP contribution in [0.1, 0.15) is 39.7 Å². The van der Waals surface area contributed by atoms with E-state index in [4.69, 9.17) is 0 Å². The lowest BCUT2D eigenvalue weighted by atomic mass is 9.96. The van der Waals surface area contributed by atoms with Gasteiger partial charge in [-0.25, -0.2) is 0 Å². The third kappa shape index (κ3) is 4.51. The van der Waals surface area contributed by atoms with Crippen LogP contribution in [0, 0.1) is 5.92 Å². The second-order valence-electron chi connectivity index (χ2n) is 5.14. The second-order valence-corrected chi connectivity index (χ2v) is 5.14. The van der Waals surface area contributed by atoms with E-state index in [0.29, 0.717) is 12.2 Å². The summed E-state index contributed by atoms with van der Waals surface area (Å²) in [7, 11) is 0. The molecule has 2 aromatic rings. The molecule has 0 radical (unpaired) electrons. The second kappa shape index (κ2) is 7.73. The fourth-order valence-corrected chi connectivity index (χ4v) is 1.84. The largest absolute Gasteiger partial charge is 0.299 e. The summed E-state index contributed by atoms with van der Waals surface area (Å²) in [5, 5.41) is 2.40. The van der Waals surface area contributed by atoms with E-state index in [2.05, 4.69) is 32.0 Å². The number of rotatable bonds is 3. The highest BCUT2D eigenvalue weighted by Gasteiger charge is 2.09. The lowest BCUT2D eigenvalue weighted by molar-refractivity contribution is -0.121. The van der Waals surface area contributed by atoms with Crippen molar-refractivity contribution in [3.05, 3.63) is 48.0 Å². The molecule has 0 unspecified atom stereocenters. The molecular weight excluding hydrogens is 232 g/mol. The van der Waals surface area contributed by atoms with Gasteiger partial charge in [-0.2, -0.15) is 0 Å². The smallest absolute Gasteiger partial charge is 0.139 e. The summed E-state index contributed by atoms with van der Waals surface area (Å²) in [6.07, 6.45) is 1.79. The molecule has 0 N–H and O–H groups in total. The van der Waals surface area contributed by atoms with Crippen molar-refractivity contribution in [2.75, 3.05) is 0 Å². The SMILES string of the molecule is CC(C)C(=O)Cc1cccc2ccccc12.CCC. The third-order valence-electron chi connectivity index (χ3n) is 2.89. The van der Waals surface area contributed by atoms with Gasteiger partial charge in [0.15, 0.2) is 0 Å². The number of carbonyl (C=O) groups is 1. The van der Waals surface area contributed by atoms with Crippen LogP contribution in [0.4, 0.5) is 0 Å². The lowest BCUT2D eigenvalue weighted by Crippen LogP contribution is -2.10. The zero-order valence-electron chi connectivity index (χ0n) is 12.4. The van der Waals surface area contributed by atoms with Gasteiger partial charge in [0.05, 0.1) is 0 Å². The first-order chi connectivity index (χ1) is 9.10. The fourth-order valence-electron chi connectivity index (χ4n) is 1.84. The van der Waals surface area contributed by atoms with Crippen LogP contribution < -0.4 is 0 Å². The van der Waals surface area contributed by atoms with Crippen LogP contribution in [-0.4, -0.2) is 5.78 Å². The predicted molar refractivity (Wildman–Crippen MR) is 83.5 cm³/mol. The zero-order valence-corrected chi connectivity index (χ0v) is 12.4. The van der Waals surface area contributed by atoms with Gasteiger partial charge in [-0.05, 0) is 16.3 Å². The van der Waals surface area contributed by atoms with E-state index in [9.17, 15) is 4.79 Å². The van der Waals surface area contributed by atoms with Crippen molar-refractivity contribution in [1.82, 2.24) is 0 Å². The molecule has 0 fully saturated rings. The first-order valence-electron chi connectivity index (χ1n) is 7.09. The van der Waals surface area contributed by atoms with Gasteiger partial charge in [0.25, 0.3) is 0 Å². The van der Waals surface area contributed by atoms with Gasteiger partial charge < -0.3 is 0 Å². The Morgan fingerprint density at radius 1 is 1.00 bits per heavy atom. The molecule has 0 heterocycles. The molecule has 0 aliphatic rings. The average Bonchev–Trinajstić information content (AvgIpc) is 2.40. The van der Waals surface area contributed by atoms with Gasteiger partial charge >= 0.3 is 0 Å². The fraction of sp³-hybridized carbons (Fsp3) is 0.389. The summed E-state index contributed by atoms with van der Waals surface area (Å²) in [5.41, 5.74) is 1.14. The number of hydrogen-bond donors (Lipinski definition) is 0. The van der Waals surface area contributed by atoms with Gasteiger partial charge in [-0.3, -0.25) is 4.79 Å². The van der Waals surface area contributed by atoms with Gasteiger partial charge in [0, 0.05) is 12.3 Å². The number of benzene rings is 2. The van der Waals surface area contributed by atoms with Crippen LogP contribution in [0.3, 0.4) is 0 Å². The van der Waals surface area contributed by atoms with Gasteiger partial charge in [-0.15, -0.1) is 0 Å². The quantitative estimate of drug-likeness (QED) is 0.753. The molecule has 0 aliphatic heterocycles. The zero-order chi connectivity index (χ0) is 14.3. The predicted octanol–water partition coefficient (Wildman–Crippen LogP) is 5.02. The van der Waals surface area contributed by atoms with E-state index in [1.165, 1.54) is 17.2 Å². The molecule has 2 aromatic carbocycles. The Balaban J connectivity index is 0.000000550. The van der Waals surface area contributed by atoms with Crippen molar-refractivity contribution in [3.8, 4) is 0 Å². The summed E-state index contributed by atoms with van der Waals surface area (Å²) >= 11 is 0. The minimum atomic E-state index is 0.110. The van der Waals surface area contributed by atoms with Gasteiger partial charge in [-0.1, -0.05) is 76.6 Å². The van der Waals surface area contributed by atoms with Gasteiger partial charge in [0.2, 0.25) is 0 Å². The number of hydrogen-bond acceptors (Lipinski definition) is 1. The molecule has 2 rings (SSSR count). The number of ketones is 1. The van der Waals surface area contributed by atoms with Crippen molar-refractivity contribution in [2.24, 2.45) is 5.92 Å². The summed E-state index contributed by atoms with van der Waals surface area (Å²) in [5.74, 6) is 0.412. The highest BCUT2D eigenvalue weighted by atomic mass is 16.1. The maximum Gasteiger partial charge on any atom is 0.139 e. The van der Waals surface area contributed by atoms with E-state index in [-0.39, 0.29) is 5.92 Å². The lowest BCUT2D eigenvalue weighted by Gasteiger charge is -2.07. The van der Waals surface area contributed by atoms with Crippen LogP contribution in [-0.2, 0) is 11.2 Å². The molecule has 1 heteroatoms. The molecule has 0 bridgehead atoms. The summed E-state index contributed by atoms with van der Waals surface area (Å²) in [4.78, 5) is 11.8. The Kier molecular flexibility index (Phi) is 6.27. The number of carbonyl (C=O) groups excluding carboxylic acids is 1. The highest BCUT2D eigenvalue weighted by Crippen LogP contribution is 2.19. The molecule has 0 spiro atoms. The molecule has 0 saturated carbocycles. The molecule has 0 aliphatic carbocycles. The van der Waals surface area contributed by atoms with Crippen molar-refractivity contribution in [1.29, 1.82) is 0 Å². The van der Waals surface area contributed by atoms with Crippen molar-refractivity contribution in [2.45, 2.75) is 40.5 Å². The molecular formula is C18H24O. The summed E-state index contributed by atoms with van der Waals surface area (Å²) in [6.45, 7) is 8.15. The Morgan fingerprint density at radius 3 is 2.21 bits per heavy atom. The highest BCUT2D eigenvalue weighted by molar-refractivity contribution is 5.91. The topological polar surface area (TPSA) is 17.1 Å². The standard InChI is InChI=1S/C15H16O.C3H8/c1-11(2)15(16)10-13-8-5-7-12-6-3-4-9-14(12)13;1-3-2/h3-9,11H,10H2,1-2H3;3H2,1-2H3. The summed E-state index contributed by atoms with van der Waals surface area (Å²) in [6, 6.07) is 14.4. The molecule has 1 nitrogen and oxygen atoms in total. The van der Waals surface area contributed by atoms with Crippen LogP contribution in [0.15, 0.2) is 42.5 Å². The van der Waals surface area contributed by atoms with Crippen LogP contribution in [0.2, 0.25) is 0 Å². The average molecular weight is 256 g/mol. The first kappa shape index (κ1) is 15.4. The monoisotopic (exact) mass is 256 g/mol. The van der Waals surface area contributed by atoms with E-state index in [0.717, 1.165) is 5.56 Å². The van der Waals surface area contributed by atoms with E-state index >= 15 is 0 Å². The van der Waals surface area contributed by atoms with Crippen molar-refractivity contribution in [3.63, 3.8) is 0 Å². The third-order valence-corrected chi connectivity index (χ3v) is 2.89. The maximum atomic E-state index is 11.8. The van der Waals surface area contributed by atoms with Crippen molar-refractivity contribution < 1.29 is 4.79 Å². The minimum absolute atomic E-state index is 0.110. The Morgan fingerprint density at radius 2 is 1.58 bits per heavy atom. The minimum Gasteiger partial charge on any atom is -0.299 e. The van der Waals surface area contributed by atoms with E-state index in [1.807, 2.05) is 38.1 Å². The van der Waals surface area contributed by atoms with E-state index < -0.39 is 0 Å². The van der Waals surface area contributed by atoms with Crippen LogP contribution in [0.5, 0.6) is 0 Å². The molecule has 0 amide bonds. The molecule has 0 atom stereocenters. The number of Topliss-reactive ketones (excluding diaryl/α,β-unsaturated/α-hetero) is 1. The number of fused-ring (bicyclic) bond motifs is 1. The molecule has 102 valence electrons. The maximum absolute atomic E-state index is 11.8. The summed E-state index contributed by atoms with van der Waals surface area (Å²) < 4.78 is 0. The van der Waals surface area contributed by atoms with E-state index in [1.54, 1.807) is 0 Å². The Bertz CT molecular complexity index is 521. The van der Waals surface area contributed by atoms with Crippen LogP contribution >= 0.6 is 0 Å². The molecule has 0 saturated heterocycles. The Labute approximate surface area is 116 Å². The Hall–Kier alpha value is -1.63. The molecule has 0 aromatic heterocycles. The van der Waals surface area contributed by atoms with Crippen molar-refractivity contribution >= 4 is 16.6 Å².